The Balaban J connectivity index is 1.31. The molecule has 4 nitrogen and oxygen atoms in total. The fourth-order valence-electron chi connectivity index (χ4n) is 7.61. The van der Waals surface area contributed by atoms with Crippen LogP contribution in [0.2, 0.25) is 0 Å². The van der Waals surface area contributed by atoms with Gasteiger partial charge < -0.3 is 9.47 Å². The largest absolute Gasteiger partial charge is 0.373 e. The molecule has 4 rings (SSSR count). The van der Waals surface area contributed by atoms with Crippen molar-refractivity contribution in [1.82, 2.24) is 9.80 Å². The molecule has 0 unspecified atom stereocenters. The molecule has 0 bridgehead atoms. The van der Waals surface area contributed by atoms with Crippen LogP contribution in [0.25, 0.3) is 0 Å². The van der Waals surface area contributed by atoms with Crippen LogP contribution in [0.3, 0.4) is 0 Å². The normalized spacial score (nSPS) is 23.5. The average molecular weight is 547 g/mol. The van der Waals surface area contributed by atoms with Crippen molar-refractivity contribution in [1.29, 1.82) is 0 Å². The summed E-state index contributed by atoms with van der Waals surface area (Å²) in [5.74, 6) is 0. The van der Waals surface area contributed by atoms with Gasteiger partial charge in [0, 0.05) is 35.2 Å². The molecule has 0 atom stereocenters. The van der Waals surface area contributed by atoms with Crippen LogP contribution in [-0.4, -0.2) is 57.3 Å². The third-order valence-electron chi connectivity index (χ3n) is 9.23. The van der Waals surface area contributed by atoms with Crippen LogP contribution in [0.1, 0.15) is 92.2 Å². The third kappa shape index (κ3) is 7.85. The first-order valence-corrected chi connectivity index (χ1v) is 15.3. The molecule has 2 fully saturated rings. The van der Waals surface area contributed by atoms with Gasteiger partial charge in [-0.2, -0.15) is 0 Å². The van der Waals surface area contributed by atoms with E-state index in [1.165, 1.54) is 11.1 Å². The fourth-order valence-corrected chi connectivity index (χ4v) is 7.61. The zero-order chi connectivity index (χ0) is 29.0. The summed E-state index contributed by atoms with van der Waals surface area (Å²) in [5, 5.41) is 0. The summed E-state index contributed by atoms with van der Waals surface area (Å²) in [5.41, 5.74) is 2.78. The number of likely N-dealkylation sites (tertiary alicyclic amines) is 2. The van der Waals surface area contributed by atoms with Gasteiger partial charge in [-0.25, -0.2) is 0 Å². The summed E-state index contributed by atoms with van der Waals surface area (Å²) >= 11 is 0. The van der Waals surface area contributed by atoms with Gasteiger partial charge in [0.25, 0.3) is 0 Å². The molecule has 2 aliphatic rings. The van der Waals surface area contributed by atoms with Gasteiger partial charge in [-0.1, -0.05) is 72.8 Å². The molecule has 2 saturated heterocycles. The highest BCUT2D eigenvalue weighted by molar-refractivity contribution is 5.15. The highest BCUT2D eigenvalue weighted by atomic mass is 16.5. The van der Waals surface area contributed by atoms with Crippen molar-refractivity contribution >= 4 is 0 Å². The van der Waals surface area contributed by atoms with Gasteiger partial charge in [0.1, 0.15) is 0 Å². The maximum Gasteiger partial charge on any atom is 0.0720 e. The van der Waals surface area contributed by atoms with E-state index >= 15 is 0 Å². The number of rotatable bonds is 10. The zero-order valence-electron chi connectivity index (χ0n) is 26.5. The lowest BCUT2D eigenvalue weighted by atomic mass is 9.77. The predicted octanol–water partition coefficient (Wildman–Crippen LogP) is 8.02. The summed E-state index contributed by atoms with van der Waals surface area (Å²) in [6, 6.07) is 21.1. The average Bonchev–Trinajstić information content (AvgIpc) is 2.86. The number of ether oxygens (including phenoxy) is 2. The molecule has 0 aliphatic carbocycles. The van der Waals surface area contributed by atoms with Gasteiger partial charge in [0.2, 0.25) is 0 Å². The quantitative estimate of drug-likeness (QED) is 0.282. The molecule has 4 heteroatoms. The maximum atomic E-state index is 6.43. The van der Waals surface area contributed by atoms with Crippen molar-refractivity contribution < 1.29 is 9.47 Å². The second kappa shape index (κ2) is 12.5. The molecule has 2 heterocycles. The first kappa shape index (κ1) is 31.0. The van der Waals surface area contributed by atoms with Crippen molar-refractivity contribution in [3.05, 3.63) is 83.9 Å². The highest BCUT2D eigenvalue weighted by Gasteiger charge is 2.46. The molecule has 2 aliphatic heterocycles. The molecule has 2 aromatic rings. The van der Waals surface area contributed by atoms with Crippen LogP contribution in [0.15, 0.2) is 72.8 Å². The Labute approximate surface area is 244 Å². The SMILES string of the molecule is CC1(C)CC(OCc2ccccc2)CC(C)(C)N1C/C=C/CN1C(C)(C)CC(OCc2ccccc2)CC1(C)C. The van der Waals surface area contributed by atoms with Crippen LogP contribution >= 0.6 is 0 Å². The minimum Gasteiger partial charge on any atom is -0.373 e. The second-order valence-corrected chi connectivity index (χ2v) is 14.6. The van der Waals surface area contributed by atoms with Crippen LogP contribution in [0.5, 0.6) is 0 Å². The third-order valence-corrected chi connectivity index (χ3v) is 9.23. The summed E-state index contributed by atoms with van der Waals surface area (Å²) in [6.07, 6.45) is 9.55. The molecule has 2 aromatic carbocycles. The lowest BCUT2D eigenvalue weighted by Gasteiger charge is -2.55. The topological polar surface area (TPSA) is 24.9 Å². The molecule has 40 heavy (non-hydrogen) atoms. The molecule has 220 valence electrons. The molecule has 0 spiro atoms. The van der Waals surface area contributed by atoms with E-state index in [4.69, 9.17) is 9.47 Å². The van der Waals surface area contributed by atoms with Gasteiger partial charge in [-0.05, 0) is 92.2 Å². The van der Waals surface area contributed by atoms with Crippen molar-refractivity contribution in [2.45, 2.75) is 129 Å². The van der Waals surface area contributed by atoms with Gasteiger partial charge >= 0.3 is 0 Å². The minimum atomic E-state index is 0.0699. The van der Waals surface area contributed by atoms with E-state index in [-0.39, 0.29) is 34.4 Å². The van der Waals surface area contributed by atoms with Gasteiger partial charge in [-0.3, -0.25) is 9.80 Å². The molecular formula is C36H54N2O2. The Morgan fingerprint density at radius 2 is 0.850 bits per heavy atom. The van der Waals surface area contributed by atoms with Crippen LogP contribution in [0, 0.1) is 0 Å². The highest BCUT2D eigenvalue weighted by Crippen LogP contribution is 2.41. The summed E-state index contributed by atoms with van der Waals surface area (Å²) < 4.78 is 12.9. The summed E-state index contributed by atoms with van der Waals surface area (Å²) in [4.78, 5) is 5.36. The number of hydrogen-bond donors (Lipinski definition) is 0. The van der Waals surface area contributed by atoms with E-state index in [1.807, 2.05) is 0 Å². The number of benzene rings is 2. The first-order valence-electron chi connectivity index (χ1n) is 15.3. The van der Waals surface area contributed by atoms with E-state index in [1.54, 1.807) is 0 Å². The molecule has 0 aromatic heterocycles. The Bertz CT molecular complexity index is 967. The van der Waals surface area contributed by atoms with Crippen LogP contribution in [0.4, 0.5) is 0 Å². The smallest absolute Gasteiger partial charge is 0.0720 e. The predicted molar refractivity (Wildman–Crippen MR) is 167 cm³/mol. The minimum absolute atomic E-state index is 0.0699. The summed E-state index contributed by atoms with van der Waals surface area (Å²) in [7, 11) is 0. The molecular weight excluding hydrogens is 492 g/mol. The van der Waals surface area contributed by atoms with Gasteiger partial charge in [-0.15, -0.1) is 0 Å². The van der Waals surface area contributed by atoms with Gasteiger partial charge in [0.05, 0.1) is 25.4 Å². The van der Waals surface area contributed by atoms with E-state index in [2.05, 4.69) is 138 Å². The summed E-state index contributed by atoms with van der Waals surface area (Å²) in [6.45, 7) is 22.4. The molecule has 0 amide bonds. The Kier molecular flexibility index (Phi) is 9.67. The second-order valence-electron chi connectivity index (χ2n) is 14.6. The van der Waals surface area contributed by atoms with E-state index < -0.39 is 0 Å². The monoisotopic (exact) mass is 546 g/mol. The lowest BCUT2D eigenvalue weighted by Crippen LogP contribution is -2.62. The van der Waals surface area contributed by atoms with Crippen LogP contribution < -0.4 is 0 Å². The fraction of sp³-hybridized carbons (Fsp3) is 0.611. The van der Waals surface area contributed by atoms with Crippen molar-refractivity contribution in [3.8, 4) is 0 Å². The van der Waals surface area contributed by atoms with Crippen molar-refractivity contribution in [2.75, 3.05) is 13.1 Å². The lowest BCUT2D eigenvalue weighted by molar-refractivity contribution is -0.105. The number of piperidine rings is 2. The molecule has 0 N–H and O–H groups in total. The van der Waals surface area contributed by atoms with Gasteiger partial charge in [0.15, 0.2) is 0 Å². The zero-order valence-corrected chi connectivity index (χ0v) is 26.5. The van der Waals surface area contributed by atoms with Crippen LogP contribution in [-0.2, 0) is 22.7 Å². The number of nitrogens with zero attached hydrogens (tertiary/aromatic N) is 2. The first-order chi connectivity index (χ1) is 18.8. The van der Waals surface area contributed by atoms with Crippen molar-refractivity contribution in [3.63, 3.8) is 0 Å². The van der Waals surface area contributed by atoms with E-state index in [0.717, 1.165) is 38.8 Å². The Morgan fingerprint density at radius 3 is 1.15 bits per heavy atom. The molecule has 0 radical (unpaired) electrons. The number of hydrogen-bond acceptors (Lipinski definition) is 4. The van der Waals surface area contributed by atoms with E-state index in [0.29, 0.717) is 13.2 Å². The molecule has 0 saturated carbocycles. The Morgan fingerprint density at radius 1 is 0.550 bits per heavy atom. The van der Waals surface area contributed by atoms with E-state index in [9.17, 15) is 0 Å². The maximum absolute atomic E-state index is 6.43. The Hall–Kier alpha value is -1.98. The van der Waals surface area contributed by atoms with Crippen molar-refractivity contribution in [2.24, 2.45) is 0 Å². The standard InChI is InChI=1S/C36H54N2O2/c1-33(2)23-31(39-27-29-17-11-9-12-18-29)24-34(3,4)37(33)21-15-16-22-38-35(5,6)25-32(26-36(38,7)8)40-28-30-19-13-10-14-20-30/h9-20,31-32H,21-28H2,1-8H3/b16-15+.